The topological polar surface area (TPSA) is 69.7 Å². The Hall–Kier alpha value is -2.61. The predicted octanol–water partition coefficient (Wildman–Crippen LogP) is 3.90. The quantitative estimate of drug-likeness (QED) is 0.659. The van der Waals surface area contributed by atoms with Crippen LogP contribution in [-0.2, 0) is 5.92 Å². The Morgan fingerprint density at radius 1 is 1.07 bits per heavy atom. The second-order valence-corrected chi connectivity index (χ2v) is 8.15. The highest BCUT2D eigenvalue weighted by atomic mass is 19.3. The van der Waals surface area contributed by atoms with Crippen molar-refractivity contribution in [2.24, 2.45) is 0 Å². The van der Waals surface area contributed by atoms with Crippen LogP contribution in [-0.4, -0.2) is 50.7 Å². The molecule has 0 spiro atoms. The molecule has 2 fully saturated rings. The van der Waals surface area contributed by atoms with Gasteiger partial charge in [0.05, 0.1) is 18.1 Å². The highest BCUT2D eigenvalue weighted by Crippen LogP contribution is 2.41. The molecule has 0 atom stereocenters. The van der Waals surface area contributed by atoms with Crippen LogP contribution in [0.2, 0.25) is 0 Å². The molecule has 0 amide bonds. The van der Waals surface area contributed by atoms with Crippen LogP contribution >= 0.6 is 0 Å². The molecule has 152 valence electrons. The summed E-state index contributed by atoms with van der Waals surface area (Å²) in [7, 11) is 0. The van der Waals surface area contributed by atoms with Crippen molar-refractivity contribution in [1.29, 1.82) is 0 Å². The molecule has 2 aromatic heterocycles. The minimum atomic E-state index is -2.84. The Bertz CT molecular complexity index is 974. The third-order valence-electron chi connectivity index (χ3n) is 5.98. The van der Waals surface area contributed by atoms with Gasteiger partial charge in [0.1, 0.15) is 12.1 Å². The summed E-state index contributed by atoms with van der Waals surface area (Å²) in [6, 6.07) is 7.15. The number of aromatic nitrogens is 4. The zero-order valence-electron chi connectivity index (χ0n) is 16.1. The first-order valence-electron chi connectivity index (χ1n) is 10.2. The highest BCUT2D eigenvalue weighted by molar-refractivity contribution is 5.85. The first kappa shape index (κ1) is 18.4. The van der Waals surface area contributed by atoms with Crippen LogP contribution in [0.5, 0.6) is 0 Å². The standard InChI is InChI=1S/C21H24F2N6/c22-21(23,16-5-3-15(4-6-16)14-1-2-14)12-29-9-7-17(8-10-29)27-19-18-11-26-28-20(18)25-13-24-19/h3-6,11,13-14,17H,1-2,7-10,12H2,(H2,24,25,26,27,28). The van der Waals surface area contributed by atoms with E-state index in [1.165, 1.54) is 24.7 Å². The summed E-state index contributed by atoms with van der Waals surface area (Å²) in [6.07, 6.45) is 7.13. The van der Waals surface area contributed by atoms with E-state index in [0.29, 0.717) is 24.7 Å². The van der Waals surface area contributed by atoms with Gasteiger partial charge < -0.3 is 5.32 Å². The zero-order chi connectivity index (χ0) is 19.8. The van der Waals surface area contributed by atoms with Crippen LogP contribution in [0.15, 0.2) is 36.8 Å². The third-order valence-corrected chi connectivity index (χ3v) is 5.98. The van der Waals surface area contributed by atoms with E-state index < -0.39 is 5.92 Å². The normalized spacial score (nSPS) is 19.0. The number of H-pyrrole nitrogens is 1. The highest BCUT2D eigenvalue weighted by Gasteiger charge is 2.35. The van der Waals surface area contributed by atoms with Crippen LogP contribution in [0.1, 0.15) is 42.7 Å². The summed E-state index contributed by atoms with van der Waals surface area (Å²) in [5.41, 5.74) is 1.99. The van der Waals surface area contributed by atoms with Crippen molar-refractivity contribution in [3.63, 3.8) is 0 Å². The van der Waals surface area contributed by atoms with Crippen LogP contribution in [0, 0.1) is 0 Å². The number of benzene rings is 1. The fraction of sp³-hybridized carbons (Fsp3) is 0.476. The van der Waals surface area contributed by atoms with Crippen molar-refractivity contribution in [3.8, 4) is 0 Å². The second kappa shape index (κ2) is 7.33. The number of hydrogen-bond donors (Lipinski definition) is 2. The number of nitrogens with one attached hydrogen (secondary N) is 2. The average Bonchev–Trinajstić information content (AvgIpc) is 3.46. The molecule has 3 aromatic rings. The van der Waals surface area contributed by atoms with Gasteiger partial charge in [0.25, 0.3) is 5.92 Å². The van der Waals surface area contributed by atoms with Crippen LogP contribution in [0.25, 0.3) is 11.0 Å². The Balaban J connectivity index is 1.17. The van der Waals surface area contributed by atoms with Gasteiger partial charge in [-0.15, -0.1) is 0 Å². The number of rotatable bonds is 6. The molecule has 0 bridgehead atoms. The van der Waals surface area contributed by atoms with Gasteiger partial charge in [0.15, 0.2) is 5.65 Å². The van der Waals surface area contributed by atoms with E-state index in [9.17, 15) is 8.78 Å². The molecule has 2 N–H and O–H groups in total. The first-order chi connectivity index (χ1) is 14.1. The molecule has 0 unspecified atom stereocenters. The average molecular weight is 398 g/mol. The monoisotopic (exact) mass is 398 g/mol. The summed E-state index contributed by atoms with van der Waals surface area (Å²) < 4.78 is 29.6. The van der Waals surface area contributed by atoms with E-state index in [1.807, 2.05) is 17.0 Å². The van der Waals surface area contributed by atoms with Crippen molar-refractivity contribution >= 4 is 16.9 Å². The summed E-state index contributed by atoms with van der Waals surface area (Å²) in [4.78, 5) is 10.3. The molecule has 1 aliphatic carbocycles. The number of anilines is 1. The lowest BCUT2D eigenvalue weighted by Crippen LogP contribution is -2.43. The number of nitrogens with zero attached hydrogens (tertiary/aromatic N) is 4. The van der Waals surface area contributed by atoms with Gasteiger partial charge in [0, 0.05) is 24.7 Å². The molecule has 29 heavy (non-hydrogen) atoms. The van der Waals surface area contributed by atoms with Crippen molar-refractivity contribution in [2.75, 3.05) is 25.0 Å². The van der Waals surface area contributed by atoms with Crippen molar-refractivity contribution in [3.05, 3.63) is 47.9 Å². The molecular weight excluding hydrogens is 374 g/mol. The largest absolute Gasteiger partial charge is 0.367 e. The Labute approximate surface area is 167 Å². The van der Waals surface area contributed by atoms with Crippen molar-refractivity contribution < 1.29 is 8.78 Å². The number of likely N-dealkylation sites (tertiary alicyclic amines) is 1. The van der Waals surface area contributed by atoms with Gasteiger partial charge in [-0.25, -0.2) is 9.97 Å². The van der Waals surface area contributed by atoms with Gasteiger partial charge in [-0.2, -0.15) is 13.9 Å². The van der Waals surface area contributed by atoms with E-state index in [-0.39, 0.29) is 18.2 Å². The third kappa shape index (κ3) is 3.94. The van der Waals surface area contributed by atoms with Gasteiger partial charge in [-0.3, -0.25) is 10.00 Å². The number of alkyl halides is 2. The number of piperidine rings is 1. The van der Waals surface area contributed by atoms with Gasteiger partial charge in [0.2, 0.25) is 0 Å². The molecule has 8 heteroatoms. The molecular formula is C21H24F2N6. The molecule has 3 heterocycles. The van der Waals surface area contributed by atoms with Crippen molar-refractivity contribution in [2.45, 2.75) is 43.6 Å². The fourth-order valence-corrected chi connectivity index (χ4v) is 4.10. The minimum Gasteiger partial charge on any atom is -0.367 e. The fourth-order valence-electron chi connectivity index (χ4n) is 4.10. The lowest BCUT2D eigenvalue weighted by atomic mass is 10.0. The molecule has 0 radical (unpaired) electrons. The van der Waals surface area contributed by atoms with Crippen LogP contribution in [0.3, 0.4) is 0 Å². The zero-order valence-corrected chi connectivity index (χ0v) is 16.1. The molecule has 1 aromatic carbocycles. The summed E-state index contributed by atoms with van der Waals surface area (Å²) >= 11 is 0. The summed E-state index contributed by atoms with van der Waals surface area (Å²) in [5.74, 6) is -1.51. The van der Waals surface area contributed by atoms with Gasteiger partial charge >= 0.3 is 0 Å². The smallest absolute Gasteiger partial charge is 0.285 e. The second-order valence-electron chi connectivity index (χ2n) is 8.15. The number of fused-ring (bicyclic) bond motifs is 1. The van der Waals surface area contributed by atoms with E-state index in [2.05, 4.69) is 25.5 Å². The molecule has 2 aliphatic rings. The first-order valence-corrected chi connectivity index (χ1v) is 10.2. The maximum Gasteiger partial charge on any atom is 0.285 e. The number of aromatic amines is 1. The lowest BCUT2D eigenvalue weighted by Gasteiger charge is -2.34. The molecule has 6 nitrogen and oxygen atoms in total. The number of halogens is 2. The van der Waals surface area contributed by atoms with E-state index in [0.717, 1.165) is 24.0 Å². The van der Waals surface area contributed by atoms with E-state index in [4.69, 9.17) is 0 Å². The van der Waals surface area contributed by atoms with Gasteiger partial charge in [-0.1, -0.05) is 24.3 Å². The Morgan fingerprint density at radius 3 is 2.55 bits per heavy atom. The predicted molar refractivity (Wildman–Crippen MR) is 107 cm³/mol. The summed E-state index contributed by atoms with van der Waals surface area (Å²) in [6.45, 7) is 1.03. The van der Waals surface area contributed by atoms with E-state index >= 15 is 0 Å². The molecule has 1 aliphatic heterocycles. The van der Waals surface area contributed by atoms with Crippen LogP contribution in [0.4, 0.5) is 14.6 Å². The van der Waals surface area contributed by atoms with Crippen molar-refractivity contribution in [1.82, 2.24) is 25.1 Å². The molecule has 5 rings (SSSR count). The lowest BCUT2D eigenvalue weighted by molar-refractivity contribution is -0.0421. The minimum absolute atomic E-state index is 0.116. The maximum absolute atomic E-state index is 14.8. The number of hydrogen-bond acceptors (Lipinski definition) is 5. The molecule has 1 saturated heterocycles. The Morgan fingerprint density at radius 2 is 1.83 bits per heavy atom. The van der Waals surface area contributed by atoms with E-state index in [1.54, 1.807) is 18.3 Å². The summed E-state index contributed by atoms with van der Waals surface area (Å²) in [5, 5.41) is 11.1. The van der Waals surface area contributed by atoms with Gasteiger partial charge in [-0.05, 0) is 37.2 Å². The SMILES string of the molecule is FC(F)(CN1CCC(Nc2ncnc3[nH]ncc23)CC1)c1ccc(C2CC2)cc1. The molecule has 1 saturated carbocycles. The van der Waals surface area contributed by atoms with Crippen LogP contribution < -0.4 is 5.32 Å². The Kier molecular flexibility index (Phi) is 4.66. The maximum atomic E-state index is 14.8.